The number of alkyl halides is 4. The largest absolute Gasteiger partial charge is 0.416 e. The van der Waals surface area contributed by atoms with E-state index in [0.29, 0.717) is 17.0 Å². The van der Waals surface area contributed by atoms with Crippen molar-refractivity contribution in [2.45, 2.75) is 12.9 Å². The third-order valence-electron chi connectivity index (χ3n) is 2.28. The monoisotopic (exact) mass is 244 g/mol. The summed E-state index contributed by atoms with van der Waals surface area (Å²) in [5.41, 5.74) is 0.503. The van der Waals surface area contributed by atoms with E-state index in [4.69, 9.17) is 0 Å². The van der Waals surface area contributed by atoms with Crippen LogP contribution < -0.4 is 0 Å². The Kier molecular flexibility index (Phi) is 2.87. The van der Waals surface area contributed by atoms with Crippen molar-refractivity contribution in [2.75, 3.05) is 0 Å². The molecule has 0 aliphatic carbocycles. The minimum Gasteiger partial charge on any atom is -0.279 e. The van der Waals surface area contributed by atoms with Crippen LogP contribution in [0.4, 0.5) is 17.6 Å². The second kappa shape index (κ2) is 4.20. The summed E-state index contributed by atoms with van der Waals surface area (Å²) in [6.07, 6.45) is -4.35. The molecule has 1 heterocycles. The lowest BCUT2D eigenvalue weighted by Gasteiger charge is -2.06. The average molecular weight is 244 g/mol. The number of nitrogens with zero attached hydrogens (tertiary/aromatic N) is 1. The first-order valence-corrected chi connectivity index (χ1v) is 4.78. The maximum absolute atomic E-state index is 12.3. The SMILES string of the molecule is FCc1cc(-c2ccc(C(F)(F)F)cc2)n[nH]1. The number of nitrogens with one attached hydrogen (secondary N) is 1. The van der Waals surface area contributed by atoms with E-state index in [9.17, 15) is 17.6 Å². The van der Waals surface area contributed by atoms with Crippen LogP contribution in [-0.4, -0.2) is 10.2 Å². The normalized spacial score (nSPS) is 11.8. The van der Waals surface area contributed by atoms with Gasteiger partial charge in [-0.05, 0) is 18.2 Å². The molecule has 0 aliphatic heterocycles. The molecule has 0 atom stereocenters. The lowest BCUT2D eigenvalue weighted by molar-refractivity contribution is -0.137. The van der Waals surface area contributed by atoms with Gasteiger partial charge in [0.1, 0.15) is 6.67 Å². The highest BCUT2D eigenvalue weighted by molar-refractivity contribution is 5.59. The second-order valence-corrected chi connectivity index (χ2v) is 3.49. The van der Waals surface area contributed by atoms with Crippen LogP contribution in [0.25, 0.3) is 11.3 Å². The maximum Gasteiger partial charge on any atom is 0.416 e. The Morgan fingerprint density at radius 1 is 1.12 bits per heavy atom. The van der Waals surface area contributed by atoms with Gasteiger partial charge >= 0.3 is 6.18 Å². The lowest BCUT2D eigenvalue weighted by Crippen LogP contribution is -2.03. The number of hydrogen-bond acceptors (Lipinski definition) is 1. The molecule has 1 aromatic carbocycles. The van der Waals surface area contributed by atoms with Crippen molar-refractivity contribution in [1.82, 2.24) is 10.2 Å². The Morgan fingerprint density at radius 2 is 1.76 bits per heavy atom. The fourth-order valence-electron chi connectivity index (χ4n) is 1.41. The third-order valence-corrected chi connectivity index (χ3v) is 2.28. The van der Waals surface area contributed by atoms with Crippen molar-refractivity contribution in [3.63, 3.8) is 0 Å². The molecule has 0 spiro atoms. The van der Waals surface area contributed by atoms with Crippen LogP contribution >= 0.6 is 0 Å². The predicted molar refractivity (Wildman–Crippen MR) is 53.8 cm³/mol. The summed E-state index contributed by atoms with van der Waals surface area (Å²) in [5.74, 6) is 0. The van der Waals surface area contributed by atoms with E-state index in [1.807, 2.05) is 0 Å². The molecule has 0 bridgehead atoms. The van der Waals surface area contributed by atoms with Crippen molar-refractivity contribution in [3.8, 4) is 11.3 Å². The van der Waals surface area contributed by atoms with Gasteiger partial charge in [-0.25, -0.2) is 4.39 Å². The van der Waals surface area contributed by atoms with E-state index in [2.05, 4.69) is 10.2 Å². The van der Waals surface area contributed by atoms with E-state index in [0.717, 1.165) is 12.1 Å². The highest BCUT2D eigenvalue weighted by atomic mass is 19.4. The van der Waals surface area contributed by atoms with Gasteiger partial charge in [-0.15, -0.1) is 0 Å². The van der Waals surface area contributed by atoms with Gasteiger partial charge in [-0.3, -0.25) is 5.10 Å². The topological polar surface area (TPSA) is 28.7 Å². The summed E-state index contributed by atoms with van der Waals surface area (Å²) < 4.78 is 49.2. The Hall–Kier alpha value is -1.85. The molecule has 0 fully saturated rings. The molecule has 2 rings (SSSR count). The molecule has 0 saturated carbocycles. The Morgan fingerprint density at radius 3 is 2.24 bits per heavy atom. The zero-order valence-electron chi connectivity index (χ0n) is 8.55. The zero-order valence-corrected chi connectivity index (χ0v) is 8.55. The number of aromatic amines is 1. The van der Waals surface area contributed by atoms with Crippen LogP contribution in [0.5, 0.6) is 0 Å². The van der Waals surface area contributed by atoms with E-state index >= 15 is 0 Å². The summed E-state index contributed by atoms with van der Waals surface area (Å²) in [4.78, 5) is 0. The lowest BCUT2D eigenvalue weighted by atomic mass is 10.1. The van der Waals surface area contributed by atoms with Gasteiger partial charge in [-0.2, -0.15) is 18.3 Å². The van der Waals surface area contributed by atoms with Crippen LogP contribution in [0.15, 0.2) is 30.3 Å². The predicted octanol–water partition coefficient (Wildman–Crippen LogP) is 3.57. The Balaban J connectivity index is 2.29. The number of hydrogen-bond donors (Lipinski definition) is 1. The number of rotatable bonds is 2. The van der Waals surface area contributed by atoms with E-state index in [-0.39, 0.29) is 0 Å². The quantitative estimate of drug-likeness (QED) is 0.804. The minimum atomic E-state index is -4.35. The van der Waals surface area contributed by atoms with Gasteiger partial charge in [0.25, 0.3) is 0 Å². The molecule has 0 saturated heterocycles. The molecule has 0 unspecified atom stereocenters. The highest BCUT2D eigenvalue weighted by Gasteiger charge is 2.30. The summed E-state index contributed by atoms with van der Waals surface area (Å²) in [7, 11) is 0. The number of H-pyrrole nitrogens is 1. The van der Waals surface area contributed by atoms with Gasteiger partial charge in [0.15, 0.2) is 0 Å². The molecule has 2 nitrogen and oxygen atoms in total. The summed E-state index contributed by atoms with van der Waals surface area (Å²) in [5, 5.41) is 6.25. The molecular weight excluding hydrogens is 236 g/mol. The van der Waals surface area contributed by atoms with Gasteiger partial charge < -0.3 is 0 Å². The number of aromatic nitrogens is 2. The van der Waals surface area contributed by atoms with Crippen LogP contribution in [0.2, 0.25) is 0 Å². The maximum atomic E-state index is 12.3. The van der Waals surface area contributed by atoms with Crippen molar-refractivity contribution in [3.05, 3.63) is 41.6 Å². The molecule has 17 heavy (non-hydrogen) atoms. The first kappa shape index (κ1) is 11.6. The molecular formula is C11H8F4N2. The van der Waals surface area contributed by atoms with E-state index in [1.165, 1.54) is 18.2 Å². The van der Waals surface area contributed by atoms with Gasteiger partial charge in [0, 0.05) is 5.56 Å². The molecule has 0 aliphatic rings. The molecule has 0 radical (unpaired) electrons. The summed E-state index contributed by atoms with van der Waals surface area (Å²) in [6, 6.07) is 6.02. The van der Waals surface area contributed by atoms with E-state index < -0.39 is 18.4 Å². The highest BCUT2D eigenvalue weighted by Crippen LogP contribution is 2.30. The second-order valence-electron chi connectivity index (χ2n) is 3.49. The number of halogens is 4. The zero-order chi connectivity index (χ0) is 12.5. The van der Waals surface area contributed by atoms with Gasteiger partial charge in [-0.1, -0.05) is 12.1 Å². The molecule has 90 valence electrons. The average Bonchev–Trinajstić information content (AvgIpc) is 2.76. The molecule has 1 aromatic heterocycles. The fraction of sp³-hybridized carbons (Fsp3) is 0.182. The van der Waals surface area contributed by atoms with Crippen molar-refractivity contribution >= 4 is 0 Å². The van der Waals surface area contributed by atoms with Gasteiger partial charge in [0.2, 0.25) is 0 Å². The van der Waals surface area contributed by atoms with Crippen molar-refractivity contribution in [1.29, 1.82) is 0 Å². The standard InChI is InChI=1S/C11H8F4N2/c12-6-9-5-10(17-16-9)7-1-3-8(4-2-7)11(13,14)15/h1-5H,6H2,(H,16,17). The van der Waals surface area contributed by atoms with Gasteiger partial charge in [0.05, 0.1) is 17.0 Å². The fourth-order valence-corrected chi connectivity index (χ4v) is 1.41. The van der Waals surface area contributed by atoms with Crippen molar-refractivity contribution < 1.29 is 17.6 Å². The third kappa shape index (κ3) is 2.46. The molecule has 0 amide bonds. The Labute approximate surface area is 94.3 Å². The van der Waals surface area contributed by atoms with Crippen LogP contribution in [0.3, 0.4) is 0 Å². The first-order valence-electron chi connectivity index (χ1n) is 4.78. The molecule has 6 heteroatoms. The smallest absolute Gasteiger partial charge is 0.279 e. The van der Waals surface area contributed by atoms with Crippen molar-refractivity contribution in [2.24, 2.45) is 0 Å². The Bertz CT molecular complexity index is 499. The number of benzene rings is 1. The molecule has 1 N–H and O–H groups in total. The minimum absolute atomic E-state index is 0.292. The molecule has 2 aromatic rings. The first-order chi connectivity index (χ1) is 8.00. The van der Waals surface area contributed by atoms with E-state index in [1.54, 1.807) is 0 Å². The van der Waals surface area contributed by atoms with Crippen LogP contribution in [0.1, 0.15) is 11.3 Å². The summed E-state index contributed by atoms with van der Waals surface area (Å²) >= 11 is 0. The van der Waals surface area contributed by atoms with Crippen LogP contribution in [-0.2, 0) is 12.9 Å². The van der Waals surface area contributed by atoms with Crippen LogP contribution in [0, 0.1) is 0 Å². The summed E-state index contributed by atoms with van der Waals surface area (Å²) in [6.45, 7) is -0.687.